The molecule has 1 saturated carbocycles. The smallest absolute Gasteiger partial charge is 0.329 e. The van der Waals surface area contributed by atoms with Gasteiger partial charge in [-0.1, -0.05) is 84.2 Å². The molecule has 3 N–H and O–H groups in total. The van der Waals surface area contributed by atoms with Gasteiger partial charge in [-0.2, -0.15) is 0 Å². The molecular formula is C58H95NO15Si. The van der Waals surface area contributed by atoms with Crippen LogP contribution in [0.4, 0.5) is 0 Å². The summed E-state index contributed by atoms with van der Waals surface area (Å²) in [5, 5.41) is 33.0. The Morgan fingerprint density at radius 1 is 0.853 bits per heavy atom. The maximum Gasteiger partial charge on any atom is 0.329 e. The van der Waals surface area contributed by atoms with Crippen molar-refractivity contribution in [1.29, 1.82) is 0 Å². The minimum absolute atomic E-state index is 0.0127. The number of Topliss-reactive ketones (excluding diaryl/α,β-unsaturated/α-hetero) is 3. The predicted molar refractivity (Wildman–Crippen MR) is 289 cm³/mol. The molecule has 3 fully saturated rings. The first kappa shape index (κ1) is 64.3. The number of cyclic esters (lactones) is 1. The summed E-state index contributed by atoms with van der Waals surface area (Å²) >= 11 is 0. The van der Waals surface area contributed by atoms with Gasteiger partial charge >= 0.3 is 5.97 Å². The highest BCUT2D eigenvalue weighted by Gasteiger charge is 2.53. The van der Waals surface area contributed by atoms with Gasteiger partial charge in [0.05, 0.1) is 45.7 Å². The van der Waals surface area contributed by atoms with E-state index in [2.05, 4.69) is 13.1 Å². The molecule has 3 aliphatic heterocycles. The number of piperidine rings is 1. The van der Waals surface area contributed by atoms with Crippen LogP contribution >= 0.6 is 0 Å². The van der Waals surface area contributed by atoms with Gasteiger partial charge in [-0.15, -0.1) is 0 Å². The number of amides is 1. The highest BCUT2D eigenvalue weighted by Crippen LogP contribution is 2.38. The molecule has 0 aromatic carbocycles. The number of methoxy groups -OCH3 is 3. The Balaban J connectivity index is 1.64. The fraction of sp³-hybridized carbons (Fsp3) is 0.776. The molecule has 15 atom stereocenters. The van der Waals surface area contributed by atoms with Crippen molar-refractivity contribution >= 4 is 37.3 Å². The summed E-state index contributed by atoms with van der Waals surface area (Å²) in [5.74, 6) is -7.96. The molecule has 2 bridgehead atoms. The second-order valence-electron chi connectivity index (χ2n) is 23.1. The number of aliphatic hydroxyl groups excluding tert-OH is 2. The van der Waals surface area contributed by atoms with Gasteiger partial charge in [0.2, 0.25) is 5.79 Å². The van der Waals surface area contributed by atoms with E-state index in [-0.39, 0.29) is 67.5 Å². The van der Waals surface area contributed by atoms with Crippen molar-refractivity contribution in [2.45, 2.75) is 199 Å². The number of esters is 1. The maximum absolute atomic E-state index is 14.6. The lowest BCUT2D eigenvalue weighted by atomic mass is 9.78. The lowest BCUT2D eigenvalue weighted by molar-refractivity contribution is -0.265. The lowest BCUT2D eigenvalue weighted by Crippen LogP contribution is -2.61. The topological polar surface area (TPSA) is 214 Å². The van der Waals surface area contributed by atoms with Crippen LogP contribution in [0.15, 0.2) is 47.6 Å². The highest BCUT2D eigenvalue weighted by atomic mass is 28.3. The van der Waals surface area contributed by atoms with E-state index in [1.807, 2.05) is 58.1 Å². The van der Waals surface area contributed by atoms with Crippen LogP contribution in [0.25, 0.3) is 0 Å². The molecule has 426 valence electrons. The third kappa shape index (κ3) is 18.7. The van der Waals surface area contributed by atoms with Gasteiger partial charge in [0.1, 0.15) is 30.1 Å². The van der Waals surface area contributed by atoms with Crippen molar-refractivity contribution in [1.82, 2.24) is 4.90 Å². The fourth-order valence-electron chi connectivity index (χ4n) is 11.3. The molecule has 0 aromatic heterocycles. The van der Waals surface area contributed by atoms with Crippen molar-refractivity contribution in [2.75, 3.05) is 53.9 Å². The molecule has 0 radical (unpaired) electrons. The zero-order valence-corrected chi connectivity index (χ0v) is 48.5. The molecule has 16 nitrogen and oxygen atoms in total. The Labute approximate surface area is 449 Å². The van der Waals surface area contributed by atoms with Crippen molar-refractivity contribution in [3.63, 3.8) is 0 Å². The first-order chi connectivity index (χ1) is 35.5. The van der Waals surface area contributed by atoms with Crippen LogP contribution in [0.1, 0.15) is 126 Å². The number of aliphatic hydroxyl groups is 3. The Morgan fingerprint density at radius 2 is 1.59 bits per heavy atom. The quantitative estimate of drug-likeness (QED) is 0.0506. The molecule has 1 amide bonds. The van der Waals surface area contributed by atoms with E-state index in [1.165, 1.54) is 12.0 Å². The van der Waals surface area contributed by atoms with Gasteiger partial charge in [-0.05, 0) is 113 Å². The molecule has 1 aliphatic carbocycles. The summed E-state index contributed by atoms with van der Waals surface area (Å²) in [4.78, 5) is 72.7. The molecule has 0 aromatic rings. The summed E-state index contributed by atoms with van der Waals surface area (Å²) < 4.78 is 42.2. The Morgan fingerprint density at radius 3 is 2.27 bits per heavy atom. The molecule has 4 aliphatic rings. The van der Waals surface area contributed by atoms with E-state index in [4.69, 9.17) is 33.2 Å². The zero-order chi connectivity index (χ0) is 55.6. The highest BCUT2D eigenvalue weighted by molar-refractivity contribution is 6.77. The van der Waals surface area contributed by atoms with Crippen LogP contribution in [-0.2, 0) is 57.1 Å². The zero-order valence-electron chi connectivity index (χ0n) is 47.5. The SMILES string of the molecule is CO[C@H]1C[C@@H]2CC[C@@H](C)[C@@](O)(O2)C(=O)C(=O)N2CCCC[C@H]2C(=O)O[C@H]([C@H](C)C[C@@H]2CC[C@@H](OCCOC[Si](C)(C)CCO)[C@H](OC)C2)CC(=O)[C@H](C)/C=C(\C)[C@@H](O)[C@@H](OC)C(=O)[C@H](C)C[C@H](C)/C=C/C=CC=C1C. The minimum atomic E-state index is -2.44. The van der Waals surface area contributed by atoms with Gasteiger partial charge < -0.3 is 53.4 Å². The van der Waals surface area contributed by atoms with Gasteiger partial charge in [-0.25, -0.2) is 4.79 Å². The summed E-state index contributed by atoms with van der Waals surface area (Å²) in [5.41, 5.74) is 1.27. The number of carbonyl (C=O) groups is 5. The first-order valence-electron chi connectivity index (χ1n) is 27.8. The lowest BCUT2D eigenvalue weighted by Gasteiger charge is -2.42. The Hall–Kier alpha value is -3.23. The molecular weight excluding hydrogens is 979 g/mol. The molecule has 0 unspecified atom stereocenters. The van der Waals surface area contributed by atoms with Crippen LogP contribution in [0.5, 0.6) is 0 Å². The number of rotatable bonds is 14. The van der Waals surface area contributed by atoms with Crippen molar-refractivity contribution < 1.29 is 72.5 Å². The number of ketones is 3. The van der Waals surface area contributed by atoms with Crippen LogP contribution in [0.3, 0.4) is 0 Å². The number of ether oxygens (including phenoxy) is 7. The van der Waals surface area contributed by atoms with E-state index >= 15 is 0 Å². The number of nitrogens with zero attached hydrogens (tertiary/aromatic N) is 1. The van der Waals surface area contributed by atoms with E-state index < -0.39 is 85.8 Å². The van der Waals surface area contributed by atoms with E-state index in [1.54, 1.807) is 41.1 Å². The van der Waals surface area contributed by atoms with Crippen LogP contribution in [-0.4, -0.2) is 166 Å². The summed E-state index contributed by atoms with van der Waals surface area (Å²) in [6.07, 6.45) is 12.8. The number of hydrogen-bond acceptors (Lipinski definition) is 15. The van der Waals surface area contributed by atoms with Crippen LogP contribution in [0.2, 0.25) is 19.1 Å². The average molecular weight is 1070 g/mol. The van der Waals surface area contributed by atoms with E-state index in [0.29, 0.717) is 76.4 Å². The van der Waals surface area contributed by atoms with Gasteiger partial charge in [-0.3, -0.25) is 19.2 Å². The monoisotopic (exact) mass is 1070 g/mol. The number of allylic oxidation sites excluding steroid dienone is 6. The van der Waals surface area contributed by atoms with Gasteiger partial charge in [0, 0.05) is 71.3 Å². The minimum Gasteiger partial charge on any atom is -0.460 e. The van der Waals surface area contributed by atoms with Crippen LogP contribution in [0, 0.1) is 35.5 Å². The first-order valence-corrected chi connectivity index (χ1v) is 31.2. The Kier molecular flexibility index (Phi) is 26.4. The van der Waals surface area contributed by atoms with Gasteiger partial charge in [0.25, 0.3) is 11.7 Å². The third-order valence-corrected chi connectivity index (χ3v) is 18.9. The average Bonchev–Trinajstić information content (AvgIpc) is 3.37. The fourth-order valence-corrected chi connectivity index (χ4v) is 12.7. The van der Waals surface area contributed by atoms with Crippen molar-refractivity contribution in [2.24, 2.45) is 35.5 Å². The standard InChI is InChI=1S/C58H95NO15Si/c1-37-18-14-13-15-19-38(2)49(68-8)34-45-23-21-43(7)58(67,74-45)55(64)56(65)59-25-17-16-20-46(59)57(66)73-50(35-47(61)39(3)31-42(6)53(63)54(70-10)52(62)41(5)30-37)40(4)32-44-22-24-48(51(33-44)69-9)72-28-27-71-36-75(11,12)29-26-60/h13-15,18-19,31,37,39-41,43-46,48-51,53-54,60,63,67H,16-17,20-30,32-36H2,1-12H3/b15-13?,18-14+,38-19?,42-31+/t37-,39-,40-,41-,43-,44+,45+,46+,48-,49+,50+,51-,53-,54+,58-/m1/s1. The summed E-state index contributed by atoms with van der Waals surface area (Å²) in [6.45, 7) is 18.2. The van der Waals surface area contributed by atoms with Crippen LogP contribution < -0.4 is 0 Å². The van der Waals surface area contributed by atoms with E-state index in [9.17, 15) is 39.3 Å². The second kappa shape index (κ2) is 30.8. The predicted octanol–water partition coefficient (Wildman–Crippen LogP) is 7.46. The molecule has 0 spiro atoms. The molecule has 17 heteroatoms. The molecule has 3 heterocycles. The van der Waals surface area contributed by atoms with Crippen molar-refractivity contribution in [3.05, 3.63) is 47.6 Å². The normalized spacial score (nSPS) is 35.7. The molecule has 2 saturated heterocycles. The second-order valence-corrected chi connectivity index (χ2v) is 28.2. The number of fused-ring (bicyclic) bond motifs is 3. The summed E-state index contributed by atoms with van der Waals surface area (Å²) in [7, 11) is 3.00. The number of carbonyl (C=O) groups excluding carboxylic acids is 5. The molecule has 4 rings (SSSR count). The van der Waals surface area contributed by atoms with Gasteiger partial charge in [0.15, 0.2) is 5.78 Å². The third-order valence-electron chi connectivity index (χ3n) is 16.3. The van der Waals surface area contributed by atoms with E-state index in [0.717, 1.165) is 24.5 Å². The largest absolute Gasteiger partial charge is 0.460 e. The maximum atomic E-state index is 14.6. The number of hydrogen-bond donors (Lipinski definition) is 3. The molecule has 75 heavy (non-hydrogen) atoms. The van der Waals surface area contributed by atoms with Crippen molar-refractivity contribution in [3.8, 4) is 0 Å². The summed E-state index contributed by atoms with van der Waals surface area (Å²) in [6, 6.07) is -0.371. The Bertz CT molecular complexity index is 1990.